The first-order valence-corrected chi connectivity index (χ1v) is 12.7. The van der Waals surface area contributed by atoms with Crippen LogP contribution in [0.5, 0.6) is 11.5 Å². The second-order valence-corrected chi connectivity index (χ2v) is 12.7. The second-order valence-electron chi connectivity index (χ2n) is 8.20. The standard InChI is InChI=1S/C20H24O7Si/c1-28(2,3)27-18(14-6-7-23-10-14)15-11-24-19(21)20(15,22)9-13-4-5-16-17(8-13)26-12-25-16/h4-8,10,15,18,22H,9,11-12H2,1-3H3/t15-,18-,20+/m0/s1. The lowest BCUT2D eigenvalue weighted by atomic mass is 9.79. The average molecular weight is 404 g/mol. The van der Waals surface area contributed by atoms with E-state index in [0.717, 1.165) is 11.1 Å². The molecule has 1 aromatic heterocycles. The molecule has 0 unspecified atom stereocenters. The van der Waals surface area contributed by atoms with Gasteiger partial charge in [-0.25, -0.2) is 4.79 Å². The smallest absolute Gasteiger partial charge is 0.339 e. The average Bonchev–Trinajstić information content (AvgIpc) is 3.34. The summed E-state index contributed by atoms with van der Waals surface area (Å²) in [6.45, 7) is 6.44. The second kappa shape index (κ2) is 6.95. The van der Waals surface area contributed by atoms with E-state index in [-0.39, 0.29) is 19.8 Å². The summed E-state index contributed by atoms with van der Waals surface area (Å²) < 4.78 is 27.6. The van der Waals surface area contributed by atoms with Crippen molar-refractivity contribution in [3.05, 3.63) is 47.9 Å². The molecule has 4 rings (SSSR count). The van der Waals surface area contributed by atoms with Gasteiger partial charge < -0.3 is 28.2 Å². The van der Waals surface area contributed by atoms with Crippen molar-refractivity contribution in [1.29, 1.82) is 0 Å². The van der Waals surface area contributed by atoms with E-state index < -0.39 is 31.9 Å². The quantitative estimate of drug-likeness (QED) is 0.585. The molecule has 28 heavy (non-hydrogen) atoms. The largest absolute Gasteiger partial charge is 0.472 e. The van der Waals surface area contributed by atoms with Gasteiger partial charge in [0.05, 0.1) is 24.5 Å². The lowest BCUT2D eigenvalue weighted by Gasteiger charge is -2.35. The van der Waals surface area contributed by atoms with Crippen LogP contribution in [0.4, 0.5) is 0 Å². The minimum atomic E-state index is -1.99. The van der Waals surface area contributed by atoms with Crippen molar-refractivity contribution >= 4 is 14.3 Å². The summed E-state index contributed by atoms with van der Waals surface area (Å²) in [5, 5.41) is 11.4. The molecule has 1 fully saturated rings. The maximum absolute atomic E-state index is 12.6. The topological polar surface area (TPSA) is 87.4 Å². The van der Waals surface area contributed by atoms with Crippen molar-refractivity contribution in [3.63, 3.8) is 0 Å². The molecule has 0 saturated carbocycles. The van der Waals surface area contributed by atoms with Crippen LogP contribution in [0.1, 0.15) is 17.2 Å². The Morgan fingerprint density at radius 3 is 2.71 bits per heavy atom. The Kier molecular flexibility index (Phi) is 4.72. The first kappa shape index (κ1) is 19.0. The number of aliphatic hydroxyl groups is 1. The molecule has 7 nitrogen and oxygen atoms in total. The van der Waals surface area contributed by atoms with Gasteiger partial charge in [0.25, 0.3) is 0 Å². The van der Waals surface area contributed by atoms with Gasteiger partial charge in [-0.1, -0.05) is 6.07 Å². The van der Waals surface area contributed by atoms with Crippen LogP contribution in [-0.4, -0.2) is 38.4 Å². The van der Waals surface area contributed by atoms with E-state index in [0.29, 0.717) is 11.5 Å². The summed E-state index contributed by atoms with van der Waals surface area (Å²) in [6, 6.07) is 7.19. The molecular formula is C20H24O7Si. The zero-order valence-corrected chi connectivity index (χ0v) is 17.1. The molecule has 2 aromatic rings. The number of fused-ring (bicyclic) bond motifs is 1. The highest BCUT2D eigenvalue weighted by Gasteiger charge is 2.55. The Bertz CT molecular complexity index is 858. The Morgan fingerprint density at radius 1 is 1.21 bits per heavy atom. The van der Waals surface area contributed by atoms with Crippen LogP contribution in [-0.2, 0) is 20.4 Å². The first-order chi connectivity index (χ1) is 13.3. The van der Waals surface area contributed by atoms with E-state index in [1.54, 1.807) is 30.7 Å². The van der Waals surface area contributed by atoms with Gasteiger partial charge in [-0.3, -0.25) is 0 Å². The third-order valence-corrected chi connectivity index (χ3v) is 5.95. The van der Waals surface area contributed by atoms with Gasteiger partial charge in [0.1, 0.15) is 6.61 Å². The Morgan fingerprint density at radius 2 is 2.00 bits per heavy atom. The van der Waals surface area contributed by atoms with Gasteiger partial charge in [0.15, 0.2) is 25.4 Å². The Labute approximate surface area is 164 Å². The molecule has 2 aliphatic heterocycles. The van der Waals surface area contributed by atoms with E-state index >= 15 is 0 Å². The minimum Gasteiger partial charge on any atom is -0.472 e. The molecular weight excluding hydrogens is 380 g/mol. The van der Waals surface area contributed by atoms with Crippen LogP contribution in [0.2, 0.25) is 19.6 Å². The molecule has 0 aliphatic carbocycles. The summed E-state index contributed by atoms with van der Waals surface area (Å²) in [6.07, 6.45) is 2.74. The normalized spacial score (nSPS) is 25.0. The number of rotatable bonds is 6. The molecule has 8 heteroatoms. The molecule has 0 radical (unpaired) electrons. The zero-order chi connectivity index (χ0) is 19.9. The van der Waals surface area contributed by atoms with Crippen molar-refractivity contribution in [2.24, 2.45) is 5.92 Å². The van der Waals surface area contributed by atoms with Gasteiger partial charge >= 0.3 is 5.97 Å². The number of cyclic esters (lactones) is 1. The summed E-state index contributed by atoms with van der Waals surface area (Å²) in [5.74, 6) is 0.0611. The number of hydrogen-bond donors (Lipinski definition) is 1. The predicted octanol–water partition coefficient (Wildman–Crippen LogP) is 3.05. The SMILES string of the molecule is C[Si](C)(C)O[C@@H](c1ccoc1)[C@@H]1COC(=O)[C@@]1(O)Cc1ccc2c(c1)OCO2. The van der Waals surface area contributed by atoms with E-state index in [2.05, 4.69) is 19.6 Å². The van der Waals surface area contributed by atoms with Crippen LogP contribution < -0.4 is 9.47 Å². The van der Waals surface area contributed by atoms with E-state index in [1.165, 1.54) is 0 Å². The number of ether oxygens (including phenoxy) is 3. The fraction of sp³-hybridized carbons (Fsp3) is 0.450. The molecule has 0 amide bonds. The van der Waals surface area contributed by atoms with Gasteiger partial charge in [0, 0.05) is 12.0 Å². The number of esters is 1. The third-order valence-electron chi connectivity index (χ3n) is 4.99. The van der Waals surface area contributed by atoms with Crippen LogP contribution in [0.15, 0.2) is 41.2 Å². The molecule has 3 atom stereocenters. The lowest BCUT2D eigenvalue weighted by Crippen LogP contribution is -2.47. The van der Waals surface area contributed by atoms with E-state index in [4.69, 9.17) is 23.1 Å². The van der Waals surface area contributed by atoms with Crippen LogP contribution in [0, 0.1) is 5.92 Å². The van der Waals surface area contributed by atoms with E-state index in [9.17, 15) is 9.90 Å². The predicted molar refractivity (Wildman–Crippen MR) is 102 cm³/mol. The highest BCUT2D eigenvalue weighted by Crippen LogP contribution is 2.43. The summed E-state index contributed by atoms with van der Waals surface area (Å²) in [4.78, 5) is 12.6. The van der Waals surface area contributed by atoms with Crippen LogP contribution in [0.25, 0.3) is 0 Å². The molecule has 1 aromatic carbocycles. The highest BCUT2D eigenvalue weighted by atomic mass is 28.4. The van der Waals surface area contributed by atoms with Gasteiger partial charge in [-0.2, -0.15) is 0 Å². The van der Waals surface area contributed by atoms with Crippen molar-refractivity contribution in [1.82, 2.24) is 0 Å². The van der Waals surface area contributed by atoms with E-state index in [1.807, 2.05) is 6.07 Å². The maximum Gasteiger partial charge on any atom is 0.339 e. The maximum atomic E-state index is 12.6. The molecule has 1 N–H and O–H groups in total. The highest BCUT2D eigenvalue weighted by molar-refractivity contribution is 6.69. The molecule has 3 heterocycles. The molecule has 1 saturated heterocycles. The fourth-order valence-electron chi connectivity index (χ4n) is 3.68. The van der Waals surface area contributed by atoms with Crippen LogP contribution >= 0.6 is 0 Å². The fourth-order valence-corrected chi connectivity index (χ4v) is 4.75. The molecule has 150 valence electrons. The number of hydrogen-bond acceptors (Lipinski definition) is 7. The van der Waals surface area contributed by atoms with Crippen molar-refractivity contribution in [2.45, 2.75) is 37.8 Å². The lowest BCUT2D eigenvalue weighted by molar-refractivity contribution is -0.155. The summed E-state index contributed by atoms with van der Waals surface area (Å²) in [7, 11) is -1.99. The van der Waals surface area contributed by atoms with Crippen molar-refractivity contribution < 1.29 is 33.0 Å². The van der Waals surface area contributed by atoms with Crippen molar-refractivity contribution in [2.75, 3.05) is 13.4 Å². The number of furan rings is 1. The van der Waals surface area contributed by atoms with Gasteiger partial charge in [-0.15, -0.1) is 0 Å². The molecule has 2 aliphatic rings. The minimum absolute atomic E-state index is 0.0835. The zero-order valence-electron chi connectivity index (χ0n) is 16.1. The Hall–Kier alpha value is -2.29. The Balaban J connectivity index is 1.66. The monoisotopic (exact) mass is 404 g/mol. The van der Waals surface area contributed by atoms with Gasteiger partial charge in [0.2, 0.25) is 6.79 Å². The summed E-state index contributed by atoms with van der Waals surface area (Å²) in [5.41, 5.74) is -0.167. The van der Waals surface area contributed by atoms with Gasteiger partial charge in [-0.05, 0) is 43.4 Å². The molecule has 0 spiro atoms. The number of carbonyl (C=O) groups excluding carboxylic acids is 1. The third kappa shape index (κ3) is 3.55. The summed E-state index contributed by atoms with van der Waals surface area (Å²) >= 11 is 0. The number of benzene rings is 1. The van der Waals surface area contributed by atoms with Crippen LogP contribution in [0.3, 0.4) is 0 Å². The number of carbonyl (C=O) groups is 1. The molecule has 0 bridgehead atoms. The van der Waals surface area contributed by atoms with Crippen molar-refractivity contribution in [3.8, 4) is 11.5 Å². The first-order valence-electron chi connectivity index (χ1n) is 9.24.